The number of benzene rings is 2. The molecule has 0 aliphatic rings. The number of sulfonamides is 1. The summed E-state index contributed by atoms with van der Waals surface area (Å²) in [5, 5.41) is 9.46. The lowest BCUT2D eigenvalue weighted by molar-refractivity contribution is 0.473. The minimum atomic E-state index is -3.61. The van der Waals surface area contributed by atoms with E-state index >= 15 is 0 Å². The highest BCUT2D eigenvalue weighted by Crippen LogP contribution is 2.23. The maximum absolute atomic E-state index is 12.4. The molecule has 4 nitrogen and oxygen atoms in total. The van der Waals surface area contributed by atoms with Crippen LogP contribution in [0.15, 0.2) is 51.8 Å². The lowest BCUT2D eigenvalue weighted by Crippen LogP contribution is -2.26. The number of hydrogen-bond acceptors (Lipinski definition) is 3. The molecule has 1 unspecified atom stereocenters. The summed E-state index contributed by atoms with van der Waals surface area (Å²) < 4.78 is 28.2. The van der Waals surface area contributed by atoms with Gasteiger partial charge in [0.05, 0.1) is 4.90 Å². The Bertz CT molecular complexity index is 759. The van der Waals surface area contributed by atoms with E-state index in [9.17, 15) is 13.5 Å². The molecule has 2 N–H and O–H groups in total. The van der Waals surface area contributed by atoms with Gasteiger partial charge in [-0.1, -0.05) is 28.1 Å². The Hall–Kier alpha value is -1.37. The summed E-state index contributed by atoms with van der Waals surface area (Å²) in [5.41, 5.74) is 1.55. The second-order valence-corrected chi connectivity index (χ2v) is 7.42. The average molecular weight is 370 g/mol. The maximum atomic E-state index is 12.4. The summed E-state index contributed by atoms with van der Waals surface area (Å²) in [6.45, 7) is 3.57. The van der Waals surface area contributed by atoms with E-state index in [1.54, 1.807) is 49.4 Å². The Morgan fingerprint density at radius 2 is 1.90 bits per heavy atom. The number of halogens is 1. The van der Waals surface area contributed by atoms with Crippen LogP contribution >= 0.6 is 15.9 Å². The third-order valence-electron chi connectivity index (χ3n) is 3.14. The topological polar surface area (TPSA) is 66.4 Å². The second kappa shape index (κ2) is 6.17. The van der Waals surface area contributed by atoms with Crippen LogP contribution in [0.2, 0.25) is 0 Å². The highest BCUT2D eigenvalue weighted by molar-refractivity contribution is 9.10. The number of aromatic hydroxyl groups is 1. The molecule has 0 amide bonds. The number of rotatable bonds is 4. The summed E-state index contributed by atoms with van der Waals surface area (Å²) in [6.07, 6.45) is 0. The number of hydrogen-bond donors (Lipinski definition) is 2. The molecule has 0 aromatic heterocycles. The molecule has 1 atom stereocenters. The predicted octanol–water partition coefficient (Wildman–Crippen LogP) is 3.50. The first kappa shape index (κ1) is 16.0. The molecule has 0 saturated heterocycles. The first-order valence-corrected chi connectivity index (χ1v) is 8.64. The number of phenols is 1. The van der Waals surface area contributed by atoms with Gasteiger partial charge < -0.3 is 5.11 Å². The monoisotopic (exact) mass is 369 g/mol. The van der Waals surface area contributed by atoms with Crippen LogP contribution in [0.25, 0.3) is 0 Å². The second-order valence-electron chi connectivity index (χ2n) is 4.85. The predicted molar refractivity (Wildman–Crippen MR) is 85.7 cm³/mol. The highest BCUT2D eigenvalue weighted by Gasteiger charge is 2.19. The first-order valence-electron chi connectivity index (χ1n) is 6.37. The summed E-state index contributed by atoms with van der Waals surface area (Å²) in [7, 11) is -3.61. The van der Waals surface area contributed by atoms with Gasteiger partial charge in [-0.3, -0.25) is 0 Å². The first-order chi connectivity index (χ1) is 9.79. The van der Waals surface area contributed by atoms with Crippen molar-refractivity contribution in [2.75, 3.05) is 0 Å². The molecule has 0 radical (unpaired) electrons. The van der Waals surface area contributed by atoms with Gasteiger partial charge in [-0.25, -0.2) is 13.1 Å². The van der Waals surface area contributed by atoms with E-state index in [0.29, 0.717) is 5.56 Å². The molecule has 0 heterocycles. The van der Waals surface area contributed by atoms with Crippen molar-refractivity contribution in [1.82, 2.24) is 4.72 Å². The van der Waals surface area contributed by atoms with E-state index < -0.39 is 16.1 Å². The highest BCUT2D eigenvalue weighted by atomic mass is 79.9. The van der Waals surface area contributed by atoms with Crippen molar-refractivity contribution >= 4 is 26.0 Å². The molecule has 0 saturated carbocycles. The lowest BCUT2D eigenvalue weighted by Gasteiger charge is -2.15. The zero-order valence-corrected chi connectivity index (χ0v) is 14.1. The number of phenolic OH excluding ortho intramolecular Hbond substituents is 1. The van der Waals surface area contributed by atoms with Crippen LogP contribution in [0.3, 0.4) is 0 Å². The van der Waals surface area contributed by atoms with Crippen LogP contribution in [0.5, 0.6) is 5.75 Å². The van der Waals surface area contributed by atoms with Gasteiger partial charge in [0.15, 0.2) is 0 Å². The van der Waals surface area contributed by atoms with Crippen LogP contribution in [0.1, 0.15) is 24.1 Å². The van der Waals surface area contributed by atoms with Crippen LogP contribution in [0.4, 0.5) is 0 Å². The summed E-state index contributed by atoms with van der Waals surface area (Å²) in [4.78, 5) is 0.218. The van der Waals surface area contributed by atoms with Gasteiger partial charge in [-0.15, -0.1) is 0 Å². The lowest BCUT2D eigenvalue weighted by atomic mass is 10.1. The Morgan fingerprint density at radius 1 is 1.19 bits per heavy atom. The van der Waals surface area contributed by atoms with Crippen molar-refractivity contribution < 1.29 is 13.5 Å². The molecule has 0 aliphatic carbocycles. The van der Waals surface area contributed by atoms with E-state index in [0.717, 1.165) is 10.0 Å². The van der Waals surface area contributed by atoms with E-state index in [2.05, 4.69) is 20.7 Å². The number of nitrogens with one attached hydrogen (secondary N) is 1. The molecule has 2 aromatic rings. The van der Waals surface area contributed by atoms with Crippen LogP contribution < -0.4 is 4.72 Å². The summed E-state index contributed by atoms with van der Waals surface area (Å²) >= 11 is 3.35. The van der Waals surface area contributed by atoms with Crippen LogP contribution in [0, 0.1) is 6.92 Å². The van der Waals surface area contributed by atoms with Crippen molar-refractivity contribution in [2.45, 2.75) is 24.8 Å². The summed E-state index contributed by atoms with van der Waals surface area (Å²) in [6, 6.07) is 11.0. The molecule has 0 aliphatic heterocycles. The van der Waals surface area contributed by atoms with Gasteiger partial charge in [0, 0.05) is 10.5 Å². The molecule has 2 rings (SSSR count). The van der Waals surface area contributed by atoms with Crippen molar-refractivity contribution in [3.05, 3.63) is 58.1 Å². The normalized spacial score (nSPS) is 13.1. The van der Waals surface area contributed by atoms with Crippen molar-refractivity contribution in [3.8, 4) is 5.75 Å². The number of aryl methyl sites for hydroxylation is 1. The van der Waals surface area contributed by atoms with Crippen molar-refractivity contribution in [3.63, 3.8) is 0 Å². The molecule has 21 heavy (non-hydrogen) atoms. The summed E-state index contributed by atoms with van der Waals surface area (Å²) in [5.74, 6) is 0.109. The molecule has 112 valence electrons. The Morgan fingerprint density at radius 3 is 2.52 bits per heavy atom. The fourth-order valence-electron chi connectivity index (χ4n) is 1.95. The minimum Gasteiger partial charge on any atom is -0.508 e. The average Bonchev–Trinajstić information content (AvgIpc) is 2.41. The Kier molecular flexibility index (Phi) is 4.70. The molecule has 6 heteroatoms. The van der Waals surface area contributed by atoms with Gasteiger partial charge in [0.25, 0.3) is 0 Å². The zero-order valence-electron chi connectivity index (χ0n) is 11.7. The standard InChI is InChI=1S/C15H16BrNO3S/c1-10-8-14(6-7-15(10)16)21(19,20)17-11(2)12-4-3-5-13(18)9-12/h3-9,11,17-18H,1-2H3. The molecular formula is C15H16BrNO3S. The van der Waals surface area contributed by atoms with Gasteiger partial charge in [0.2, 0.25) is 10.0 Å². The van der Waals surface area contributed by atoms with Crippen molar-refractivity contribution in [1.29, 1.82) is 0 Å². The largest absolute Gasteiger partial charge is 0.508 e. The fraction of sp³-hybridized carbons (Fsp3) is 0.200. The van der Waals surface area contributed by atoms with Gasteiger partial charge >= 0.3 is 0 Å². The smallest absolute Gasteiger partial charge is 0.241 e. The van der Waals surface area contributed by atoms with Crippen LogP contribution in [-0.2, 0) is 10.0 Å². The molecule has 0 spiro atoms. The molecule has 0 fully saturated rings. The van der Waals surface area contributed by atoms with Gasteiger partial charge in [-0.2, -0.15) is 0 Å². The Balaban J connectivity index is 2.26. The van der Waals surface area contributed by atoms with E-state index in [1.807, 2.05) is 6.92 Å². The van der Waals surface area contributed by atoms with Crippen LogP contribution in [-0.4, -0.2) is 13.5 Å². The zero-order chi connectivity index (χ0) is 15.6. The van der Waals surface area contributed by atoms with E-state index in [4.69, 9.17) is 0 Å². The fourth-order valence-corrected chi connectivity index (χ4v) is 3.51. The molecule has 0 bridgehead atoms. The third kappa shape index (κ3) is 3.84. The molecule has 2 aromatic carbocycles. The molecular weight excluding hydrogens is 354 g/mol. The van der Waals surface area contributed by atoms with Crippen molar-refractivity contribution in [2.24, 2.45) is 0 Å². The quantitative estimate of drug-likeness (QED) is 0.866. The van der Waals surface area contributed by atoms with Gasteiger partial charge in [-0.05, 0) is 55.3 Å². The minimum absolute atomic E-state index is 0.109. The third-order valence-corrected chi connectivity index (χ3v) is 5.57. The SMILES string of the molecule is Cc1cc(S(=O)(=O)NC(C)c2cccc(O)c2)ccc1Br. The van der Waals surface area contributed by atoms with Gasteiger partial charge in [0.1, 0.15) is 5.75 Å². The van der Waals surface area contributed by atoms with E-state index in [1.165, 1.54) is 0 Å². The van der Waals surface area contributed by atoms with E-state index in [-0.39, 0.29) is 10.6 Å². The Labute approximate surface area is 133 Å². The maximum Gasteiger partial charge on any atom is 0.241 e.